The Morgan fingerprint density at radius 2 is 1.92 bits per heavy atom. The van der Waals surface area contributed by atoms with Crippen LogP contribution in [-0.4, -0.2) is 17.2 Å². The molecule has 0 radical (unpaired) electrons. The van der Waals surface area contributed by atoms with E-state index in [1.54, 1.807) is 18.2 Å². The summed E-state index contributed by atoms with van der Waals surface area (Å²) < 4.78 is 17.8. The fraction of sp³-hybridized carbons (Fsp3) is 0.105. The lowest BCUT2D eigenvalue weighted by Crippen LogP contribution is -1.98. The van der Waals surface area contributed by atoms with Crippen LogP contribution in [0, 0.1) is 5.82 Å². The first-order valence-electron chi connectivity index (χ1n) is 7.66. The first kappa shape index (κ1) is 16.6. The quantitative estimate of drug-likeness (QED) is 0.367. The topological polar surface area (TPSA) is 64.7 Å². The van der Waals surface area contributed by atoms with Crippen molar-refractivity contribution in [3.8, 4) is 11.3 Å². The van der Waals surface area contributed by atoms with Crippen molar-refractivity contribution in [2.75, 3.05) is 0 Å². The molecule has 126 valence electrons. The Morgan fingerprint density at radius 3 is 2.68 bits per heavy atom. The summed E-state index contributed by atoms with van der Waals surface area (Å²) in [6.45, 7) is 0.200. The highest BCUT2D eigenvalue weighted by Crippen LogP contribution is 2.19. The number of benzene rings is 2. The third-order valence-electron chi connectivity index (χ3n) is 3.42. The number of ketones is 1. The highest BCUT2D eigenvalue weighted by atomic mass is 19.1. The summed E-state index contributed by atoms with van der Waals surface area (Å²) in [6.07, 6.45) is 1.39. The van der Waals surface area contributed by atoms with Crippen LogP contribution in [0.2, 0.25) is 0 Å². The molecule has 0 fully saturated rings. The Balaban J connectivity index is 1.49. The van der Waals surface area contributed by atoms with Crippen molar-refractivity contribution < 1.29 is 18.5 Å². The summed E-state index contributed by atoms with van der Waals surface area (Å²) in [4.78, 5) is 17.1. The number of Topliss-reactive ketones (excluding diaryl/α,β-unsaturated/α-hetero) is 1. The van der Waals surface area contributed by atoms with Crippen molar-refractivity contribution in [3.05, 3.63) is 77.8 Å². The molecule has 0 spiro atoms. The van der Waals surface area contributed by atoms with Gasteiger partial charge in [0.2, 0.25) is 11.5 Å². The van der Waals surface area contributed by atoms with Gasteiger partial charge in [-0.3, -0.25) is 4.79 Å². The fourth-order valence-corrected chi connectivity index (χ4v) is 2.12. The predicted molar refractivity (Wildman–Crippen MR) is 90.6 cm³/mol. The van der Waals surface area contributed by atoms with E-state index in [-0.39, 0.29) is 30.4 Å². The molecular formula is C19H15FN2O3. The molecule has 5 nitrogen and oxygen atoms in total. The average Bonchev–Trinajstić information content (AvgIpc) is 3.14. The number of halogens is 1. The minimum Gasteiger partial charge on any atom is -0.391 e. The Kier molecular flexibility index (Phi) is 5.31. The van der Waals surface area contributed by atoms with E-state index in [9.17, 15) is 9.18 Å². The van der Waals surface area contributed by atoms with Gasteiger partial charge in [-0.2, -0.15) is 0 Å². The second kappa shape index (κ2) is 8.01. The van der Waals surface area contributed by atoms with Crippen molar-refractivity contribution in [2.45, 2.75) is 13.0 Å². The van der Waals surface area contributed by atoms with E-state index in [0.29, 0.717) is 5.69 Å². The summed E-state index contributed by atoms with van der Waals surface area (Å²) in [5, 5.41) is 7.61. The molecular weight excluding hydrogens is 323 g/mol. The molecule has 0 aliphatic rings. The summed E-state index contributed by atoms with van der Waals surface area (Å²) in [7, 11) is 0. The van der Waals surface area contributed by atoms with Crippen LogP contribution in [0.25, 0.3) is 11.3 Å². The standard InChI is InChI=1S/C19H15FN2O3/c20-16-8-6-14(7-9-16)13-24-21-11-10-18(23)19-12-17(22-25-19)15-4-2-1-3-5-15/h1-9,11-12H,10,13H2/b21-11-. The molecule has 1 heterocycles. The van der Waals surface area contributed by atoms with Gasteiger partial charge < -0.3 is 9.36 Å². The Labute approximate surface area is 143 Å². The van der Waals surface area contributed by atoms with Gasteiger partial charge in [-0.1, -0.05) is 52.8 Å². The molecule has 2 aromatic carbocycles. The van der Waals surface area contributed by atoms with Crippen LogP contribution in [0.4, 0.5) is 4.39 Å². The van der Waals surface area contributed by atoms with Crippen LogP contribution in [0.15, 0.2) is 70.3 Å². The minimum absolute atomic E-state index is 0.0346. The summed E-state index contributed by atoms with van der Waals surface area (Å²) in [5.41, 5.74) is 2.27. The Bertz CT molecular complexity index is 858. The van der Waals surface area contributed by atoms with Gasteiger partial charge in [0.05, 0.1) is 12.6 Å². The number of aromatic nitrogens is 1. The monoisotopic (exact) mass is 338 g/mol. The third-order valence-corrected chi connectivity index (χ3v) is 3.42. The highest BCUT2D eigenvalue weighted by molar-refractivity contribution is 6.02. The Hall–Kier alpha value is -3.28. The van der Waals surface area contributed by atoms with Crippen LogP contribution in [0.5, 0.6) is 0 Å². The van der Waals surface area contributed by atoms with Gasteiger partial charge in [0.1, 0.15) is 18.1 Å². The van der Waals surface area contributed by atoms with Gasteiger partial charge in [0, 0.05) is 11.6 Å². The molecule has 0 aliphatic heterocycles. The van der Waals surface area contributed by atoms with Gasteiger partial charge in [-0.05, 0) is 17.7 Å². The predicted octanol–water partition coefficient (Wildman–Crippen LogP) is 4.26. The van der Waals surface area contributed by atoms with E-state index in [4.69, 9.17) is 9.36 Å². The van der Waals surface area contributed by atoms with Crippen molar-refractivity contribution in [3.63, 3.8) is 0 Å². The maximum Gasteiger partial charge on any atom is 0.206 e. The number of carbonyl (C=O) groups is 1. The summed E-state index contributed by atoms with van der Waals surface area (Å²) in [5.74, 6) is -0.382. The number of hydrogen-bond donors (Lipinski definition) is 0. The molecule has 1 aromatic heterocycles. The van der Waals surface area contributed by atoms with Crippen LogP contribution in [0.3, 0.4) is 0 Å². The lowest BCUT2D eigenvalue weighted by Gasteiger charge is -1.98. The first-order valence-corrected chi connectivity index (χ1v) is 7.66. The van der Waals surface area contributed by atoms with E-state index in [0.717, 1.165) is 11.1 Å². The van der Waals surface area contributed by atoms with E-state index < -0.39 is 0 Å². The zero-order valence-corrected chi connectivity index (χ0v) is 13.3. The molecule has 25 heavy (non-hydrogen) atoms. The second-order valence-electron chi connectivity index (χ2n) is 5.26. The van der Waals surface area contributed by atoms with Gasteiger partial charge in [0.25, 0.3) is 0 Å². The molecule has 6 heteroatoms. The van der Waals surface area contributed by atoms with Gasteiger partial charge in [0.15, 0.2) is 0 Å². The molecule has 0 bridgehead atoms. The van der Waals surface area contributed by atoms with Gasteiger partial charge in [-0.15, -0.1) is 0 Å². The lowest BCUT2D eigenvalue weighted by molar-refractivity contribution is 0.0961. The third kappa shape index (κ3) is 4.60. The smallest absolute Gasteiger partial charge is 0.206 e. The number of carbonyl (C=O) groups excluding carboxylic acids is 1. The molecule has 3 rings (SSSR count). The van der Waals surface area contributed by atoms with Gasteiger partial charge in [-0.25, -0.2) is 4.39 Å². The Morgan fingerprint density at radius 1 is 1.16 bits per heavy atom. The number of rotatable bonds is 7. The lowest BCUT2D eigenvalue weighted by atomic mass is 10.1. The van der Waals surface area contributed by atoms with E-state index >= 15 is 0 Å². The average molecular weight is 338 g/mol. The molecule has 0 aliphatic carbocycles. The van der Waals surface area contributed by atoms with Gasteiger partial charge >= 0.3 is 0 Å². The van der Waals surface area contributed by atoms with E-state index in [2.05, 4.69) is 10.3 Å². The fourth-order valence-electron chi connectivity index (χ4n) is 2.12. The number of nitrogens with zero attached hydrogens (tertiary/aromatic N) is 2. The molecule has 3 aromatic rings. The number of oxime groups is 1. The molecule has 0 N–H and O–H groups in total. The summed E-state index contributed by atoms with van der Waals surface area (Å²) in [6, 6.07) is 17.0. The SMILES string of the molecule is O=C(C/C=N\OCc1ccc(F)cc1)c1cc(-c2ccccc2)no1. The first-order chi connectivity index (χ1) is 12.2. The normalized spacial score (nSPS) is 10.9. The largest absolute Gasteiger partial charge is 0.391 e. The van der Waals surface area contributed by atoms with Crippen LogP contribution in [-0.2, 0) is 11.4 Å². The summed E-state index contributed by atoms with van der Waals surface area (Å²) >= 11 is 0. The molecule has 0 saturated carbocycles. The van der Waals surface area contributed by atoms with Crippen molar-refractivity contribution in [1.82, 2.24) is 5.16 Å². The molecule has 0 atom stereocenters. The highest BCUT2D eigenvalue weighted by Gasteiger charge is 2.12. The van der Waals surface area contributed by atoms with Crippen molar-refractivity contribution in [2.24, 2.45) is 5.16 Å². The van der Waals surface area contributed by atoms with Crippen molar-refractivity contribution in [1.29, 1.82) is 0 Å². The van der Waals surface area contributed by atoms with Crippen molar-refractivity contribution >= 4 is 12.0 Å². The second-order valence-corrected chi connectivity index (χ2v) is 5.26. The maximum atomic E-state index is 12.8. The minimum atomic E-state index is -0.306. The zero-order chi connectivity index (χ0) is 17.5. The van der Waals surface area contributed by atoms with Crippen LogP contribution >= 0.6 is 0 Å². The van der Waals surface area contributed by atoms with Crippen LogP contribution < -0.4 is 0 Å². The van der Waals surface area contributed by atoms with E-state index in [1.807, 2.05) is 30.3 Å². The van der Waals surface area contributed by atoms with E-state index in [1.165, 1.54) is 18.3 Å². The maximum absolute atomic E-state index is 12.8. The molecule has 0 amide bonds. The molecule has 0 unspecified atom stereocenters. The number of hydrogen-bond acceptors (Lipinski definition) is 5. The van der Waals surface area contributed by atoms with Crippen LogP contribution in [0.1, 0.15) is 22.5 Å². The molecule has 0 saturated heterocycles. The zero-order valence-electron chi connectivity index (χ0n) is 13.3.